The molecule has 0 aliphatic heterocycles. The van der Waals surface area contributed by atoms with Gasteiger partial charge >= 0.3 is 0 Å². The van der Waals surface area contributed by atoms with Crippen LogP contribution in [0.2, 0.25) is 0 Å². The Balaban J connectivity index is 1.72. The average Bonchev–Trinajstić information content (AvgIpc) is 2.92. The summed E-state index contributed by atoms with van der Waals surface area (Å²) in [5.41, 5.74) is 6.32. The third kappa shape index (κ3) is 5.69. The van der Waals surface area contributed by atoms with Gasteiger partial charge in [0.25, 0.3) is 0 Å². The minimum absolute atomic E-state index is 0.0439. The zero-order chi connectivity index (χ0) is 17.4. The van der Waals surface area contributed by atoms with Gasteiger partial charge in [0.2, 0.25) is 11.8 Å². The van der Waals surface area contributed by atoms with Crippen molar-refractivity contribution in [2.45, 2.75) is 24.4 Å². The van der Waals surface area contributed by atoms with Crippen LogP contribution >= 0.6 is 11.8 Å². The molecule has 7 nitrogen and oxygen atoms in total. The van der Waals surface area contributed by atoms with Crippen molar-refractivity contribution in [3.05, 3.63) is 41.7 Å². The van der Waals surface area contributed by atoms with Gasteiger partial charge in [-0.05, 0) is 12.0 Å². The third-order valence-electron chi connectivity index (χ3n) is 3.43. The van der Waals surface area contributed by atoms with Gasteiger partial charge in [-0.2, -0.15) is 0 Å². The van der Waals surface area contributed by atoms with Crippen LogP contribution in [0.1, 0.15) is 17.8 Å². The number of amides is 2. The Morgan fingerprint density at radius 3 is 2.67 bits per heavy atom. The Bertz CT molecular complexity index is 687. The lowest BCUT2D eigenvalue weighted by Gasteiger charge is -2.05. The maximum Gasteiger partial charge on any atom is 0.230 e. The van der Waals surface area contributed by atoms with E-state index in [4.69, 9.17) is 5.73 Å². The molecule has 8 heteroatoms. The monoisotopic (exact) mass is 347 g/mol. The lowest BCUT2D eigenvalue weighted by atomic mass is 10.1. The van der Waals surface area contributed by atoms with Gasteiger partial charge in [-0.1, -0.05) is 42.1 Å². The number of benzene rings is 1. The topological polar surface area (TPSA) is 103 Å². The second kappa shape index (κ2) is 9.07. The Hall–Kier alpha value is -2.35. The summed E-state index contributed by atoms with van der Waals surface area (Å²) < 4.78 is 1.78. The number of rotatable bonds is 9. The van der Waals surface area contributed by atoms with Gasteiger partial charge in [0.15, 0.2) is 5.16 Å². The van der Waals surface area contributed by atoms with Crippen LogP contribution in [0.4, 0.5) is 0 Å². The molecule has 0 radical (unpaired) electrons. The maximum absolute atomic E-state index is 11.9. The second-order valence-corrected chi connectivity index (χ2v) is 6.24. The van der Waals surface area contributed by atoms with E-state index in [1.165, 1.54) is 17.3 Å². The molecular formula is C16H21N5O2S. The number of hydrogen-bond acceptors (Lipinski definition) is 5. The molecule has 1 aromatic heterocycles. The predicted molar refractivity (Wildman–Crippen MR) is 92.4 cm³/mol. The first-order valence-electron chi connectivity index (χ1n) is 7.66. The van der Waals surface area contributed by atoms with Crippen LogP contribution in [0, 0.1) is 0 Å². The highest BCUT2D eigenvalue weighted by molar-refractivity contribution is 7.99. The van der Waals surface area contributed by atoms with Crippen molar-refractivity contribution < 1.29 is 9.59 Å². The van der Waals surface area contributed by atoms with E-state index in [0.717, 1.165) is 6.42 Å². The fourth-order valence-electron chi connectivity index (χ4n) is 2.10. The van der Waals surface area contributed by atoms with Crippen molar-refractivity contribution in [1.82, 2.24) is 20.1 Å². The molecule has 2 aromatic rings. The number of carbonyl (C=O) groups excluding carboxylic acids is 2. The maximum atomic E-state index is 11.9. The molecule has 0 aliphatic rings. The quantitative estimate of drug-likeness (QED) is 0.650. The van der Waals surface area contributed by atoms with Crippen molar-refractivity contribution in [2.24, 2.45) is 12.8 Å². The normalized spacial score (nSPS) is 10.5. The molecule has 0 unspecified atom stereocenters. The van der Waals surface area contributed by atoms with Crippen LogP contribution in [0.15, 0.2) is 35.5 Å². The summed E-state index contributed by atoms with van der Waals surface area (Å²) in [5.74, 6) is 0.541. The Kier molecular flexibility index (Phi) is 6.80. The summed E-state index contributed by atoms with van der Waals surface area (Å²) in [6, 6.07) is 10.0. The second-order valence-electron chi connectivity index (χ2n) is 5.30. The van der Waals surface area contributed by atoms with E-state index in [2.05, 4.69) is 15.5 Å². The van der Waals surface area contributed by atoms with Gasteiger partial charge in [-0.15, -0.1) is 10.2 Å². The van der Waals surface area contributed by atoms with E-state index in [-0.39, 0.29) is 24.0 Å². The van der Waals surface area contributed by atoms with Crippen LogP contribution in [0.3, 0.4) is 0 Å². The predicted octanol–water partition coefficient (Wildman–Crippen LogP) is 0.684. The fraction of sp³-hybridized carbons (Fsp3) is 0.375. The van der Waals surface area contributed by atoms with E-state index in [1.807, 2.05) is 37.4 Å². The van der Waals surface area contributed by atoms with Gasteiger partial charge in [-0.25, -0.2) is 0 Å². The number of carbonyl (C=O) groups is 2. The molecule has 2 amide bonds. The van der Waals surface area contributed by atoms with E-state index in [9.17, 15) is 9.59 Å². The van der Waals surface area contributed by atoms with Crippen molar-refractivity contribution in [1.29, 1.82) is 0 Å². The number of aromatic nitrogens is 3. The lowest BCUT2D eigenvalue weighted by molar-refractivity contribution is -0.119. The summed E-state index contributed by atoms with van der Waals surface area (Å²) in [4.78, 5) is 22.7. The number of aryl methyl sites for hydroxylation is 1. The Morgan fingerprint density at radius 1 is 1.21 bits per heavy atom. The van der Waals surface area contributed by atoms with E-state index >= 15 is 0 Å². The number of nitrogens with one attached hydrogen (secondary N) is 1. The molecule has 2 rings (SSSR count). The number of hydrogen-bond donors (Lipinski definition) is 2. The minimum atomic E-state index is -0.370. The van der Waals surface area contributed by atoms with Gasteiger partial charge in [0, 0.05) is 26.4 Å². The molecule has 3 N–H and O–H groups in total. The third-order valence-corrected chi connectivity index (χ3v) is 4.45. The van der Waals surface area contributed by atoms with Gasteiger partial charge in [0.05, 0.1) is 5.75 Å². The lowest BCUT2D eigenvalue weighted by Crippen LogP contribution is -2.27. The van der Waals surface area contributed by atoms with E-state index in [1.54, 1.807) is 4.57 Å². The molecule has 0 spiro atoms. The summed E-state index contributed by atoms with van der Waals surface area (Å²) in [6.07, 6.45) is 1.48. The van der Waals surface area contributed by atoms with Gasteiger partial charge < -0.3 is 15.6 Å². The first-order valence-corrected chi connectivity index (χ1v) is 8.65. The number of nitrogens with two attached hydrogens (primary N) is 1. The van der Waals surface area contributed by atoms with E-state index < -0.39 is 0 Å². The smallest absolute Gasteiger partial charge is 0.230 e. The average molecular weight is 347 g/mol. The molecule has 0 fully saturated rings. The highest BCUT2D eigenvalue weighted by Crippen LogP contribution is 2.15. The Morgan fingerprint density at radius 2 is 1.96 bits per heavy atom. The zero-order valence-corrected chi connectivity index (χ0v) is 14.4. The molecular weight excluding hydrogens is 326 g/mol. The van der Waals surface area contributed by atoms with Crippen LogP contribution < -0.4 is 11.1 Å². The number of nitrogens with zero attached hydrogens (tertiary/aromatic N) is 3. The van der Waals surface area contributed by atoms with Crippen LogP contribution in [-0.4, -0.2) is 38.9 Å². The molecule has 0 aliphatic carbocycles. The molecule has 1 heterocycles. The van der Waals surface area contributed by atoms with Crippen molar-refractivity contribution in [3.8, 4) is 0 Å². The van der Waals surface area contributed by atoms with Gasteiger partial charge in [0.1, 0.15) is 5.82 Å². The largest absolute Gasteiger partial charge is 0.370 e. The fourth-order valence-corrected chi connectivity index (χ4v) is 2.86. The Labute approximate surface area is 145 Å². The number of thioether (sulfide) groups is 1. The van der Waals surface area contributed by atoms with Crippen LogP contribution in [-0.2, 0) is 29.5 Å². The molecule has 0 saturated heterocycles. The highest BCUT2D eigenvalue weighted by atomic mass is 32.2. The molecule has 128 valence electrons. The summed E-state index contributed by atoms with van der Waals surface area (Å²) >= 11 is 1.32. The summed E-state index contributed by atoms with van der Waals surface area (Å²) in [6.45, 7) is 0.603. The minimum Gasteiger partial charge on any atom is -0.370 e. The van der Waals surface area contributed by atoms with Crippen molar-refractivity contribution in [3.63, 3.8) is 0 Å². The summed E-state index contributed by atoms with van der Waals surface area (Å²) in [7, 11) is 1.81. The first-order chi connectivity index (χ1) is 11.6. The van der Waals surface area contributed by atoms with Crippen molar-refractivity contribution >= 4 is 23.6 Å². The standard InChI is InChI=1S/C16H21N5O2S/c1-21-14(8-7-13(17)22)19-20-16(21)24-11-15(23)18-10-9-12-5-3-2-4-6-12/h2-6H,7-11H2,1H3,(H2,17,22)(H,18,23). The number of primary amides is 1. The molecule has 24 heavy (non-hydrogen) atoms. The molecule has 0 bridgehead atoms. The zero-order valence-electron chi connectivity index (χ0n) is 13.6. The molecule has 0 atom stereocenters. The highest BCUT2D eigenvalue weighted by Gasteiger charge is 2.12. The van der Waals surface area contributed by atoms with Crippen molar-refractivity contribution in [2.75, 3.05) is 12.3 Å². The molecule has 0 saturated carbocycles. The SMILES string of the molecule is Cn1c(CCC(N)=O)nnc1SCC(=O)NCCc1ccccc1. The molecule has 1 aromatic carbocycles. The summed E-state index contributed by atoms with van der Waals surface area (Å²) in [5, 5.41) is 11.6. The van der Waals surface area contributed by atoms with Gasteiger partial charge in [-0.3, -0.25) is 9.59 Å². The van der Waals surface area contributed by atoms with Crippen LogP contribution in [0.5, 0.6) is 0 Å². The van der Waals surface area contributed by atoms with Crippen LogP contribution in [0.25, 0.3) is 0 Å². The van der Waals surface area contributed by atoms with E-state index in [0.29, 0.717) is 23.9 Å². The first kappa shape index (κ1) is 18.0.